The van der Waals surface area contributed by atoms with Gasteiger partial charge in [-0.1, -0.05) is 36.4 Å². The lowest BCUT2D eigenvalue weighted by atomic mass is 10.2. The van der Waals surface area contributed by atoms with Crippen molar-refractivity contribution in [2.24, 2.45) is 0 Å². The standard InChI is InChI=1S/C20H16O4/c1-22-19-13-18(24-20(21)14-19)11-10-15-6-5-9-17(12-15)23-16-7-3-2-4-8-16/h2-14H,1H3/b11-10+. The zero-order valence-electron chi connectivity index (χ0n) is 13.1. The van der Waals surface area contributed by atoms with Gasteiger partial charge in [-0.3, -0.25) is 0 Å². The molecule has 0 saturated carbocycles. The Morgan fingerprint density at radius 1 is 0.833 bits per heavy atom. The molecule has 0 atom stereocenters. The first kappa shape index (κ1) is 15.6. The molecule has 4 nitrogen and oxygen atoms in total. The predicted molar refractivity (Wildman–Crippen MR) is 93.4 cm³/mol. The maximum Gasteiger partial charge on any atom is 0.339 e. The molecule has 0 unspecified atom stereocenters. The SMILES string of the molecule is COc1cc(/C=C/c2cccc(Oc3ccccc3)c2)oc(=O)c1. The van der Waals surface area contributed by atoms with Crippen molar-refractivity contribution in [3.63, 3.8) is 0 Å². The third kappa shape index (κ3) is 4.14. The van der Waals surface area contributed by atoms with Gasteiger partial charge in [0.25, 0.3) is 0 Å². The van der Waals surface area contributed by atoms with Crippen molar-refractivity contribution in [2.75, 3.05) is 7.11 Å². The lowest BCUT2D eigenvalue weighted by molar-refractivity contribution is 0.400. The van der Waals surface area contributed by atoms with E-state index in [1.54, 1.807) is 12.1 Å². The molecule has 2 aromatic carbocycles. The van der Waals surface area contributed by atoms with Crippen LogP contribution in [0.15, 0.2) is 75.9 Å². The monoisotopic (exact) mass is 320 g/mol. The van der Waals surface area contributed by atoms with Crippen LogP contribution in [0.4, 0.5) is 0 Å². The van der Waals surface area contributed by atoms with Crippen LogP contribution in [0, 0.1) is 0 Å². The van der Waals surface area contributed by atoms with Crippen LogP contribution in [-0.4, -0.2) is 7.11 Å². The van der Waals surface area contributed by atoms with E-state index in [-0.39, 0.29) is 0 Å². The van der Waals surface area contributed by atoms with Crippen LogP contribution in [0.2, 0.25) is 0 Å². The number of ether oxygens (including phenoxy) is 2. The van der Waals surface area contributed by atoms with Crippen molar-refractivity contribution < 1.29 is 13.9 Å². The third-order valence-corrected chi connectivity index (χ3v) is 3.28. The van der Waals surface area contributed by atoms with Crippen molar-refractivity contribution in [2.45, 2.75) is 0 Å². The molecule has 0 radical (unpaired) electrons. The summed E-state index contributed by atoms with van der Waals surface area (Å²) in [5.74, 6) is 2.40. The molecule has 0 aliphatic rings. The van der Waals surface area contributed by atoms with Crippen LogP contribution in [0.5, 0.6) is 17.2 Å². The number of para-hydroxylation sites is 1. The first-order valence-corrected chi connectivity index (χ1v) is 7.43. The molecule has 0 bridgehead atoms. The largest absolute Gasteiger partial charge is 0.496 e. The summed E-state index contributed by atoms with van der Waals surface area (Å²) in [4.78, 5) is 11.4. The number of rotatable bonds is 5. The molecule has 0 aliphatic carbocycles. The Bertz CT molecular complexity index is 895. The normalized spacial score (nSPS) is 10.7. The van der Waals surface area contributed by atoms with Gasteiger partial charge in [-0.15, -0.1) is 0 Å². The molecule has 0 aliphatic heterocycles. The minimum atomic E-state index is -0.449. The minimum Gasteiger partial charge on any atom is -0.496 e. The van der Waals surface area contributed by atoms with Gasteiger partial charge in [-0.05, 0) is 35.9 Å². The summed E-state index contributed by atoms with van der Waals surface area (Å²) in [6, 6.07) is 20.2. The second-order valence-corrected chi connectivity index (χ2v) is 5.04. The van der Waals surface area contributed by atoms with Crippen LogP contribution in [0.3, 0.4) is 0 Å². The molecular weight excluding hydrogens is 304 g/mol. The van der Waals surface area contributed by atoms with E-state index < -0.39 is 5.63 Å². The molecular formula is C20H16O4. The predicted octanol–water partition coefficient (Wildman–Crippen LogP) is 4.61. The summed E-state index contributed by atoms with van der Waals surface area (Å²) in [5, 5.41) is 0. The van der Waals surface area contributed by atoms with E-state index in [0.717, 1.165) is 17.1 Å². The Balaban J connectivity index is 1.79. The molecule has 3 aromatic rings. The van der Waals surface area contributed by atoms with Gasteiger partial charge in [0.15, 0.2) is 0 Å². The lowest BCUT2D eigenvalue weighted by Crippen LogP contribution is -1.98. The number of hydrogen-bond acceptors (Lipinski definition) is 4. The summed E-state index contributed by atoms with van der Waals surface area (Å²) in [7, 11) is 1.51. The van der Waals surface area contributed by atoms with Crippen molar-refractivity contribution in [3.8, 4) is 17.2 Å². The average Bonchev–Trinajstić information content (AvgIpc) is 2.61. The van der Waals surface area contributed by atoms with Crippen LogP contribution >= 0.6 is 0 Å². The highest BCUT2D eigenvalue weighted by molar-refractivity contribution is 5.68. The topological polar surface area (TPSA) is 48.7 Å². The first-order valence-electron chi connectivity index (χ1n) is 7.43. The highest BCUT2D eigenvalue weighted by atomic mass is 16.5. The van der Waals surface area contributed by atoms with Gasteiger partial charge >= 0.3 is 5.63 Å². The summed E-state index contributed by atoms with van der Waals surface area (Å²) in [5.41, 5.74) is 0.476. The molecule has 1 heterocycles. The fraction of sp³-hybridized carbons (Fsp3) is 0.0500. The van der Waals surface area contributed by atoms with E-state index in [0.29, 0.717) is 11.5 Å². The average molecular weight is 320 g/mol. The van der Waals surface area contributed by atoms with E-state index in [9.17, 15) is 4.79 Å². The van der Waals surface area contributed by atoms with Crippen molar-refractivity contribution in [1.29, 1.82) is 0 Å². The second-order valence-electron chi connectivity index (χ2n) is 5.04. The van der Waals surface area contributed by atoms with Crippen LogP contribution < -0.4 is 15.1 Å². The molecule has 1 aromatic heterocycles. The Morgan fingerprint density at radius 2 is 1.62 bits per heavy atom. The van der Waals surface area contributed by atoms with Crippen molar-refractivity contribution >= 4 is 12.2 Å². The van der Waals surface area contributed by atoms with Gasteiger partial charge in [0.1, 0.15) is 23.0 Å². The zero-order valence-corrected chi connectivity index (χ0v) is 13.1. The minimum absolute atomic E-state index is 0.425. The second kappa shape index (κ2) is 7.33. The van der Waals surface area contributed by atoms with Crippen molar-refractivity contribution in [3.05, 3.63) is 88.5 Å². The number of methoxy groups -OCH3 is 1. The number of hydrogen-bond donors (Lipinski definition) is 0. The summed E-state index contributed by atoms with van der Waals surface area (Å²) in [6.07, 6.45) is 3.56. The Morgan fingerprint density at radius 3 is 2.42 bits per heavy atom. The third-order valence-electron chi connectivity index (χ3n) is 3.28. The van der Waals surface area contributed by atoms with E-state index in [1.165, 1.54) is 13.2 Å². The molecule has 0 N–H and O–H groups in total. The van der Waals surface area contributed by atoms with E-state index >= 15 is 0 Å². The van der Waals surface area contributed by atoms with Crippen LogP contribution in [0.1, 0.15) is 11.3 Å². The highest BCUT2D eigenvalue weighted by Gasteiger charge is 2.00. The maximum atomic E-state index is 11.4. The lowest BCUT2D eigenvalue weighted by Gasteiger charge is -2.06. The van der Waals surface area contributed by atoms with Crippen molar-refractivity contribution in [1.82, 2.24) is 0 Å². The van der Waals surface area contributed by atoms with Gasteiger partial charge in [0, 0.05) is 6.07 Å². The molecule has 120 valence electrons. The number of benzene rings is 2. The van der Waals surface area contributed by atoms with E-state index in [2.05, 4.69) is 0 Å². The van der Waals surface area contributed by atoms with Crippen LogP contribution in [-0.2, 0) is 0 Å². The fourth-order valence-corrected chi connectivity index (χ4v) is 2.16. The Hall–Kier alpha value is -3.27. The Kier molecular flexibility index (Phi) is 4.77. The molecule has 4 heteroatoms. The first-order chi connectivity index (χ1) is 11.7. The summed E-state index contributed by atoms with van der Waals surface area (Å²) < 4.78 is 16.0. The quantitative estimate of drug-likeness (QED) is 0.689. The van der Waals surface area contributed by atoms with E-state index in [4.69, 9.17) is 13.9 Å². The fourth-order valence-electron chi connectivity index (χ4n) is 2.16. The highest BCUT2D eigenvalue weighted by Crippen LogP contribution is 2.22. The molecule has 3 rings (SSSR count). The molecule has 0 spiro atoms. The van der Waals surface area contributed by atoms with Gasteiger partial charge in [0.05, 0.1) is 13.2 Å². The van der Waals surface area contributed by atoms with Gasteiger partial charge in [-0.25, -0.2) is 4.79 Å². The molecule has 24 heavy (non-hydrogen) atoms. The molecule has 0 fully saturated rings. The summed E-state index contributed by atoms with van der Waals surface area (Å²) in [6.45, 7) is 0. The van der Waals surface area contributed by atoms with Gasteiger partial charge < -0.3 is 13.9 Å². The smallest absolute Gasteiger partial charge is 0.339 e. The van der Waals surface area contributed by atoms with Crippen LogP contribution in [0.25, 0.3) is 12.2 Å². The zero-order chi connectivity index (χ0) is 16.8. The molecule has 0 amide bonds. The maximum absolute atomic E-state index is 11.4. The van der Waals surface area contributed by atoms with Gasteiger partial charge in [-0.2, -0.15) is 0 Å². The van der Waals surface area contributed by atoms with Gasteiger partial charge in [0.2, 0.25) is 0 Å². The Labute approximate surface area is 139 Å². The summed E-state index contributed by atoms with van der Waals surface area (Å²) >= 11 is 0. The molecule has 0 saturated heterocycles. The van der Waals surface area contributed by atoms with E-state index in [1.807, 2.05) is 60.7 Å².